The number of aryl methyl sites for hydroxylation is 1. The smallest absolute Gasteiger partial charge is 0.263 e. The van der Waals surface area contributed by atoms with Crippen molar-refractivity contribution in [2.45, 2.75) is 59.0 Å². The van der Waals surface area contributed by atoms with E-state index in [1.807, 2.05) is 37.5 Å². The second kappa shape index (κ2) is 9.75. The molecule has 1 N–H and O–H groups in total. The van der Waals surface area contributed by atoms with E-state index in [0.29, 0.717) is 12.5 Å². The van der Waals surface area contributed by atoms with E-state index in [0.717, 1.165) is 45.2 Å². The highest BCUT2D eigenvalue weighted by molar-refractivity contribution is 6.03. The fourth-order valence-corrected chi connectivity index (χ4v) is 6.67. The van der Waals surface area contributed by atoms with Crippen LogP contribution in [0.3, 0.4) is 0 Å². The summed E-state index contributed by atoms with van der Waals surface area (Å²) in [5.41, 5.74) is 3.62. The van der Waals surface area contributed by atoms with E-state index in [2.05, 4.69) is 45.5 Å². The molecule has 0 radical (unpaired) electrons. The van der Waals surface area contributed by atoms with Crippen LogP contribution in [0.25, 0.3) is 21.9 Å². The van der Waals surface area contributed by atoms with E-state index in [4.69, 9.17) is 0 Å². The normalized spacial score (nSPS) is 20.3. The van der Waals surface area contributed by atoms with E-state index in [9.17, 15) is 9.59 Å². The summed E-state index contributed by atoms with van der Waals surface area (Å²) in [6.07, 6.45) is 8.75. The van der Waals surface area contributed by atoms with E-state index in [1.54, 1.807) is 16.7 Å². The minimum absolute atomic E-state index is 0.156. The maximum absolute atomic E-state index is 13.0. The molecule has 2 aliphatic rings. The van der Waals surface area contributed by atoms with Crippen LogP contribution in [-0.4, -0.2) is 31.6 Å². The maximum atomic E-state index is 13.0. The zero-order valence-electron chi connectivity index (χ0n) is 22.2. The molecule has 1 unspecified atom stereocenters. The summed E-state index contributed by atoms with van der Waals surface area (Å²) in [5, 5.41) is 3.81. The van der Waals surface area contributed by atoms with Crippen LogP contribution in [0, 0.1) is 36.5 Å². The Morgan fingerprint density at radius 3 is 2.82 bits per heavy atom. The number of nitrogens with one attached hydrogen (secondary N) is 1. The van der Waals surface area contributed by atoms with Crippen molar-refractivity contribution in [3.8, 4) is 11.8 Å². The standard InChI is InChI=1S/C31H33N5O2/c1-19(2)36-20(3)34-28-17-33-27-11-9-21(16-26(27)29(28)36)6-4-12-32-30(37)25-7-5-13-35(31(25)38)18-24-15-22-8-10-23(24)14-22/h5,7,9,11,13,16-17,19,22-24H,8,10,12,14-15,18H2,1-3H3,(H,32,37)/t22-,23-,24?/m1/s1. The molecule has 7 heteroatoms. The lowest BCUT2D eigenvalue weighted by molar-refractivity contribution is 0.0956. The van der Waals surface area contributed by atoms with Crippen LogP contribution in [0.2, 0.25) is 0 Å². The molecule has 0 spiro atoms. The number of carbonyl (C=O) groups is 1. The average Bonchev–Trinajstić information content (AvgIpc) is 3.61. The van der Waals surface area contributed by atoms with Gasteiger partial charge in [0.2, 0.25) is 0 Å². The number of amides is 1. The molecule has 3 atom stereocenters. The third-order valence-corrected chi connectivity index (χ3v) is 8.36. The maximum Gasteiger partial charge on any atom is 0.263 e. The summed E-state index contributed by atoms with van der Waals surface area (Å²) in [5.74, 6) is 8.87. The van der Waals surface area contributed by atoms with Gasteiger partial charge in [-0.1, -0.05) is 18.3 Å². The molecule has 1 amide bonds. The molecule has 2 aliphatic carbocycles. The van der Waals surface area contributed by atoms with Crippen LogP contribution in [-0.2, 0) is 6.54 Å². The topological polar surface area (TPSA) is 81.8 Å². The molecule has 3 heterocycles. The SMILES string of the molecule is Cc1nc2cnc3ccc(C#CCNC(=O)c4cccn(CC5C[C@@H]6CC[C@@H]5C6)c4=O)cc3c2n1C(C)C. The molecular weight excluding hydrogens is 474 g/mol. The van der Waals surface area contributed by atoms with Gasteiger partial charge in [0.1, 0.15) is 16.9 Å². The number of nitrogens with zero attached hydrogens (tertiary/aromatic N) is 4. The van der Waals surface area contributed by atoms with E-state index in [-0.39, 0.29) is 29.6 Å². The quantitative estimate of drug-likeness (QED) is 0.392. The van der Waals surface area contributed by atoms with Gasteiger partial charge < -0.3 is 14.5 Å². The van der Waals surface area contributed by atoms with Gasteiger partial charge in [-0.25, -0.2) is 4.98 Å². The molecule has 0 aliphatic heterocycles. The van der Waals surface area contributed by atoms with Crippen LogP contribution in [0.5, 0.6) is 0 Å². The lowest BCUT2D eigenvalue weighted by Crippen LogP contribution is -2.34. The number of imidazole rings is 1. The first kappa shape index (κ1) is 24.4. The Balaban J connectivity index is 1.17. The molecule has 1 aromatic carbocycles. The largest absolute Gasteiger partial charge is 0.341 e. The first-order valence-electron chi connectivity index (χ1n) is 13.6. The Bertz CT molecular complexity index is 1670. The zero-order valence-corrected chi connectivity index (χ0v) is 22.2. The number of hydrogen-bond donors (Lipinski definition) is 1. The lowest BCUT2D eigenvalue weighted by atomic mass is 9.89. The summed E-state index contributed by atoms with van der Waals surface area (Å²) in [6.45, 7) is 7.17. The molecule has 3 aromatic heterocycles. The molecule has 7 nitrogen and oxygen atoms in total. The van der Waals surface area contributed by atoms with Gasteiger partial charge in [0.15, 0.2) is 0 Å². The molecule has 2 fully saturated rings. The van der Waals surface area contributed by atoms with Gasteiger partial charge in [-0.05, 0) is 88.1 Å². The van der Waals surface area contributed by atoms with Crippen molar-refractivity contribution < 1.29 is 4.79 Å². The van der Waals surface area contributed by atoms with E-state index < -0.39 is 0 Å². The van der Waals surface area contributed by atoms with Gasteiger partial charge in [-0.15, -0.1) is 0 Å². The Labute approximate surface area is 222 Å². The van der Waals surface area contributed by atoms with Crippen molar-refractivity contribution in [2.24, 2.45) is 17.8 Å². The number of hydrogen-bond acceptors (Lipinski definition) is 4. The fourth-order valence-electron chi connectivity index (χ4n) is 6.67. The van der Waals surface area contributed by atoms with Crippen molar-refractivity contribution in [2.75, 3.05) is 6.54 Å². The Kier molecular flexibility index (Phi) is 6.27. The van der Waals surface area contributed by atoms with Gasteiger partial charge in [0.25, 0.3) is 11.5 Å². The molecule has 4 aromatic rings. The number of aromatic nitrogens is 4. The number of benzene rings is 1. The van der Waals surface area contributed by atoms with Crippen molar-refractivity contribution in [1.82, 2.24) is 24.4 Å². The summed E-state index contributed by atoms with van der Waals surface area (Å²) in [7, 11) is 0. The predicted octanol–water partition coefficient (Wildman–Crippen LogP) is 4.85. The number of pyridine rings is 2. The third kappa shape index (κ3) is 4.38. The number of rotatable bonds is 5. The van der Waals surface area contributed by atoms with Crippen molar-refractivity contribution >= 4 is 27.8 Å². The molecule has 38 heavy (non-hydrogen) atoms. The second-order valence-corrected chi connectivity index (χ2v) is 11.1. The van der Waals surface area contributed by atoms with Crippen molar-refractivity contribution in [1.29, 1.82) is 0 Å². The molecule has 194 valence electrons. The Hall–Kier alpha value is -3.92. The Morgan fingerprint density at radius 2 is 2.05 bits per heavy atom. The highest BCUT2D eigenvalue weighted by Gasteiger charge is 2.39. The van der Waals surface area contributed by atoms with Gasteiger partial charge >= 0.3 is 0 Å². The summed E-state index contributed by atoms with van der Waals surface area (Å²) < 4.78 is 3.94. The fraction of sp³-hybridized carbons (Fsp3) is 0.419. The Morgan fingerprint density at radius 1 is 1.18 bits per heavy atom. The van der Waals surface area contributed by atoms with Crippen LogP contribution in [0.4, 0.5) is 0 Å². The summed E-state index contributed by atoms with van der Waals surface area (Å²) in [4.78, 5) is 35.1. The van der Waals surface area contributed by atoms with E-state index in [1.165, 1.54) is 25.7 Å². The molecule has 6 rings (SSSR count). The average molecular weight is 508 g/mol. The third-order valence-electron chi connectivity index (χ3n) is 8.36. The van der Waals surface area contributed by atoms with Crippen LogP contribution in [0.15, 0.2) is 47.5 Å². The van der Waals surface area contributed by atoms with Crippen LogP contribution >= 0.6 is 0 Å². The highest BCUT2D eigenvalue weighted by Crippen LogP contribution is 2.48. The first-order valence-corrected chi connectivity index (χ1v) is 13.6. The lowest BCUT2D eigenvalue weighted by Gasteiger charge is -2.22. The van der Waals surface area contributed by atoms with Crippen LogP contribution < -0.4 is 10.9 Å². The van der Waals surface area contributed by atoms with Gasteiger partial charge in [-0.2, -0.15) is 0 Å². The van der Waals surface area contributed by atoms with E-state index >= 15 is 0 Å². The monoisotopic (exact) mass is 507 g/mol. The molecular formula is C31H33N5O2. The molecule has 2 bridgehead atoms. The summed E-state index contributed by atoms with van der Waals surface area (Å²) >= 11 is 0. The zero-order chi connectivity index (χ0) is 26.4. The van der Waals surface area contributed by atoms with Gasteiger partial charge in [0.05, 0.1) is 23.8 Å². The highest BCUT2D eigenvalue weighted by atomic mass is 16.2. The number of carbonyl (C=O) groups excluding carboxylic acids is 1. The predicted molar refractivity (Wildman–Crippen MR) is 149 cm³/mol. The second-order valence-electron chi connectivity index (χ2n) is 11.1. The first-order chi connectivity index (χ1) is 18.4. The molecule has 2 saturated carbocycles. The van der Waals surface area contributed by atoms with Crippen LogP contribution in [0.1, 0.15) is 67.3 Å². The molecule has 0 saturated heterocycles. The summed E-state index contributed by atoms with van der Waals surface area (Å²) in [6, 6.07) is 9.60. The number of fused-ring (bicyclic) bond motifs is 5. The minimum atomic E-state index is -0.382. The minimum Gasteiger partial charge on any atom is -0.341 e. The van der Waals surface area contributed by atoms with Gasteiger partial charge in [-0.3, -0.25) is 14.6 Å². The van der Waals surface area contributed by atoms with Gasteiger partial charge in [0, 0.05) is 29.7 Å². The van der Waals surface area contributed by atoms with Crippen molar-refractivity contribution in [3.05, 3.63) is 70.0 Å². The van der Waals surface area contributed by atoms with Crippen molar-refractivity contribution in [3.63, 3.8) is 0 Å².